The van der Waals surface area contributed by atoms with E-state index in [0.29, 0.717) is 33.9 Å². The summed E-state index contributed by atoms with van der Waals surface area (Å²) >= 11 is -1.26. The molecule has 3 aromatic rings. The Labute approximate surface area is 216 Å². The van der Waals surface area contributed by atoms with Crippen LogP contribution in [0.4, 0.5) is 5.69 Å². The molecule has 2 aromatic carbocycles. The van der Waals surface area contributed by atoms with Crippen molar-refractivity contribution in [1.29, 1.82) is 0 Å². The highest BCUT2D eigenvalue weighted by Gasteiger charge is 2.21. The van der Waals surface area contributed by atoms with Gasteiger partial charge in [-0.1, -0.05) is 53.7 Å². The predicted octanol–water partition coefficient (Wildman–Crippen LogP) is 5.24. The summed E-state index contributed by atoms with van der Waals surface area (Å²) in [6.45, 7) is 14.9. The van der Waals surface area contributed by atoms with Gasteiger partial charge >= 0.3 is 0 Å². The summed E-state index contributed by atoms with van der Waals surface area (Å²) in [5.74, 6) is -0.508. The highest BCUT2D eigenvalue weighted by atomic mass is 32.2. The Balaban J connectivity index is 1.87. The summed E-state index contributed by atoms with van der Waals surface area (Å²) in [6, 6.07) is 11.0. The standard InChI is InChI=1S/C28H36N4O3S/c1-18-9-10-19(13-23(18)32-16-20(15-30-32)25(33)29-17-27(2,3)4)26(34)31-22-14-21(28(5,6)7)11-12-24(22)36(8)35/h9-16H,17H2,1-8H3,(H,29,33)(H,31,34). The Morgan fingerprint density at radius 2 is 1.69 bits per heavy atom. The van der Waals surface area contributed by atoms with Gasteiger partial charge in [0.25, 0.3) is 11.8 Å². The molecule has 1 heterocycles. The topological polar surface area (TPSA) is 99.1 Å². The van der Waals surface area contributed by atoms with E-state index < -0.39 is 11.2 Å². The summed E-state index contributed by atoms with van der Waals surface area (Å²) in [7, 11) is 0. The lowest BCUT2D eigenvalue weighted by Gasteiger charge is -2.21. The molecule has 0 radical (unpaired) electrons. The molecule has 0 saturated carbocycles. The molecular weight excluding hydrogens is 472 g/mol. The zero-order valence-electron chi connectivity index (χ0n) is 22.4. The molecule has 0 aliphatic heterocycles. The first-order valence-electron chi connectivity index (χ1n) is 11.9. The first kappa shape index (κ1) is 27.5. The molecule has 0 saturated heterocycles. The number of amides is 2. The van der Waals surface area contributed by atoms with Crippen molar-refractivity contribution >= 4 is 28.7 Å². The smallest absolute Gasteiger partial charge is 0.255 e. The maximum atomic E-state index is 13.2. The van der Waals surface area contributed by atoms with Gasteiger partial charge in [-0.25, -0.2) is 4.68 Å². The third kappa shape index (κ3) is 6.77. The minimum Gasteiger partial charge on any atom is -0.612 e. The quantitative estimate of drug-likeness (QED) is 0.445. The molecule has 1 unspecified atom stereocenters. The summed E-state index contributed by atoms with van der Waals surface area (Å²) < 4.78 is 13.9. The van der Waals surface area contributed by atoms with Gasteiger partial charge in [-0.15, -0.1) is 0 Å². The number of hydrogen-bond donors (Lipinski definition) is 2. The van der Waals surface area contributed by atoms with E-state index in [4.69, 9.17) is 0 Å². The molecule has 7 nitrogen and oxygen atoms in total. The van der Waals surface area contributed by atoms with Gasteiger partial charge in [0.15, 0.2) is 4.90 Å². The highest BCUT2D eigenvalue weighted by molar-refractivity contribution is 7.90. The minimum absolute atomic E-state index is 0.0272. The number of aromatic nitrogens is 2. The Morgan fingerprint density at radius 1 is 1.00 bits per heavy atom. The van der Waals surface area contributed by atoms with Gasteiger partial charge in [0.1, 0.15) is 6.26 Å². The average Bonchev–Trinajstić information content (AvgIpc) is 3.26. The Morgan fingerprint density at radius 3 is 2.31 bits per heavy atom. The number of nitrogens with zero attached hydrogens (tertiary/aromatic N) is 2. The number of anilines is 1. The fourth-order valence-corrected chi connectivity index (χ4v) is 4.24. The second kappa shape index (κ2) is 10.5. The largest absolute Gasteiger partial charge is 0.612 e. The molecule has 0 bridgehead atoms. The molecule has 8 heteroatoms. The van der Waals surface area contributed by atoms with Crippen LogP contribution in [-0.2, 0) is 16.6 Å². The van der Waals surface area contributed by atoms with E-state index in [-0.39, 0.29) is 22.6 Å². The number of hydrogen-bond acceptors (Lipinski definition) is 4. The van der Waals surface area contributed by atoms with Crippen LogP contribution in [-0.4, -0.2) is 38.9 Å². The number of aryl methyl sites for hydroxylation is 1. The lowest BCUT2D eigenvalue weighted by molar-refractivity contribution is 0.0938. The van der Waals surface area contributed by atoms with Gasteiger partial charge in [-0.05, 0) is 64.3 Å². The van der Waals surface area contributed by atoms with Crippen molar-refractivity contribution in [2.75, 3.05) is 18.1 Å². The van der Waals surface area contributed by atoms with Crippen molar-refractivity contribution in [3.05, 3.63) is 71.0 Å². The molecule has 2 amide bonds. The SMILES string of the molecule is Cc1ccc(C(=O)Nc2cc(C(C)(C)C)ccc2[S+](C)[O-])cc1-n1cc(C(=O)NCC(C)(C)C)cn1. The van der Waals surface area contributed by atoms with E-state index in [1.54, 1.807) is 29.3 Å². The summed E-state index contributed by atoms with van der Waals surface area (Å²) in [6.07, 6.45) is 4.77. The van der Waals surface area contributed by atoms with Crippen LogP contribution in [0.3, 0.4) is 0 Å². The van der Waals surface area contributed by atoms with Crippen LogP contribution in [0.5, 0.6) is 0 Å². The van der Waals surface area contributed by atoms with Gasteiger partial charge < -0.3 is 15.2 Å². The van der Waals surface area contributed by atoms with Crippen LogP contribution in [0.25, 0.3) is 5.69 Å². The highest BCUT2D eigenvalue weighted by Crippen LogP contribution is 2.30. The van der Waals surface area contributed by atoms with Crippen molar-refractivity contribution in [2.45, 2.75) is 58.8 Å². The minimum atomic E-state index is -1.26. The second-order valence-corrected chi connectivity index (χ2v) is 12.6. The van der Waals surface area contributed by atoms with E-state index >= 15 is 0 Å². The van der Waals surface area contributed by atoms with Crippen molar-refractivity contribution in [3.8, 4) is 5.69 Å². The van der Waals surface area contributed by atoms with Crippen molar-refractivity contribution in [2.24, 2.45) is 5.41 Å². The maximum Gasteiger partial charge on any atom is 0.255 e. The zero-order valence-corrected chi connectivity index (χ0v) is 23.2. The fraction of sp³-hybridized carbons (Fsp3) is 0.393. The molecule has 1 atom stereocenters. The van der Waals surface area contributed by atoms with Gasteiger partial charge in [0, 0.05) is 18.3 Å². The van der Waals surface area contributed by atoms with Gasteiger partial charge in [-0.2, -0.15) is 5.10 Å². The van der Waals surface area contributed by atoms with E-state index in [0.717, 1.165) is 11.1 Å². The van der Waals surface area contributed by atoms with Gasteiger partial charge in [0.2, 0.25) is 0 Å². The van der Waals surface area contributed by atoms with E-state index in [9.17, 15) is 14.1 Å². The van der Waals surface area contributed by atoms with E-state index in [1.165, 1.54) is 6.20 Å². The number of rotatable bonds is 6. The maximum absolute atomic E-state index is 13.2. The normalized spacial score (nSPS) is 12.8. The molecule has 192 valence electrons. The number of nitrogens with one attached hydrogen (secondary N) is 2. The van der Waals surface area contributed by atoms with Gasteiger partial charge in [-0.3, -0.25) is 9.59 Å². The molecular formula is C28H36N4O3S. The lowest BCUT2D eigenvalue weighted by Crippen LogP contribution is -2.32. The van der Waals surface area contributed by atoms with Crippen molar-refractivity contribution in [3.63, 3.8) is 0 Å². The van der Waals surface area contributed by atoms with Crippen LogP contribution in [0.2, 0.25) is 0 Å². The number of carbonyl (C=O) groups excluding carboxylic acids is 2. The molecule has 0 spiro atoms. The Bertz CT molecular complexity index is 1270. The third-order valence-electron chi connectivity index (χ3n) is 5.75. The van der Waals surface area contributed by atoms with Crippen molar-refractivity contribution in [1.82, 2.24) is 15.1 Å². The van der Waals surface area contributed by atoms with Crippen LogP contribution < -0.4 is 10.6 Å². The Kier molecular flexibility index (Phi) is 8.00. The number of benzene rings is 2. The fourth-order valence-electron chi connectivity index (χ4n) is 3.56. The second-order valence-electron chi connectivity index (χ2n) is 11.3. The molecule has 0 aliphatic rings. The number of carbonyl (C=O) groups is 2. The lowest BCUT2D eigenvalue weighted by atomic mass is 9.87. The third-order valence-corrected chi connectivity index (χ3v) is 6.72. The molecule has 3 rings (SSSR count). The average molecular weight is 509 g/mol. The van der Waals surface area contributed by atoms with Crippen LogP contribution in [0, 0.1) is 12.3 Å². The molecule has 0 fully saturated rings. The molecule has 0 aliphatic carbocycles. The summed E-state index contributed by atoms with van der Waals surface area (Å²) in [4.78, 5) is 26.3. The monoisotopic (exact) mass is 508 g/mol. The van der Waals surface area contributed by atoms with Crippen molar-refractivity contribution < 1.29 is 14.1 Å². The molecule has 2 N–H and O–H groups in total. The molecule has 36 heavy (non-hydrogen) atoms. The van der Waals surface area contributed by atoms with Gasteiger partial charge in [0.05, 0.1) is 23.1 Å². The van der Waals surface area contributed by atoms with E-state index in [2.05, 4.69) is 57.3 Å². The predicted molar refractivity (Wildman–Crippen MR) is 146 cm³/mol. The summed E-state index contributed by atoms with van der Waals surface area (Å²) in [5, 5.41) is 10.2. The van der Waals surface area contributed by atoms with Crippen LogP contribution in [0.15, 0.2) is 53.7 Å². The Hall–Kier alpha value is -3.10. The van der Waals surface area contributed by atoms with Crippen LogP contribution in [0.1, 0.15) is 73.4 Å². The van der Waals surface area contributed by atoms with E-state index in [1.807, 2.05) is 31.2 Å². The summed E-state index contributed by atoms with van der Waals surface area (Å²) in [5.41, 5.74) is 3.89. The first-order valence-corrected chi connectivity index (χ1v) is 13.4. The molecule has 1 aromatic heterocycles. The zero-order chi connectivity index (χ0) is 26.8. The van der Waals surface area contributed by atoms with Crippen LogP contribution >= 0.6 is 0 Å². The first-order chi connectivity index (χ1) is 16.7.